The summed E-state index contributed by atoms with van der Waals surface area (Å²) >= 11 is 1.37. The van der Waals surface area contributed by atoms with Crippen molar-refractivity contribution < 1.29 is 14.3 Å². The molecule has 3 aromatic heterocycles. The number of halogens is 1. The number of nitrogens with zero attached hydrogens (tertiary/aromatic N) is 3. The average molecular weight is 605 g/mol. The van der Waals surface area contributed by atoms with Crippen LogP contribution in [0.5, 0.6) is 0 Å². The number of fused-ring (bicyclic) bond motifs is 1. The second-order valence-corrected chi connectivity index (χ2v) is 13.0. The number of hydrogen-bond donors (Lipinski definition) is 4. The molecule has 1 aliphatic rings. The SMILES string of the molecule is CCCN(C)C(C)c1ccc(Nc2cc(-c3ccc(F)c(NC(=O)c4cc5c(s4)CC(C)(C)C(O)C5)c3)n[nH]c2=O)nc1. The molecule has 1 amide bonds. The lowest BCUT2D eigenvalue weighted by Gasteiger charge is -2.34. The number of hydrogen-bond acceptors (Lipinski definition) is 8. The summed E-state index contributed by atoms with van der Waals surface area (Å²) in [5.41, 5.74) is 2.42. The molecule has 226 valence electrons. The average Bonchev–Trinajstić information content (AvgIpc) is 3.37. The number of benzene rings is 1. The second kappa shape index (κ2) is 12.4. The molecule has 43 heavy (non-hydrogen) atoms. The normalized spacial score (nSPS) is 16.5. The first-order valence-electron chi connectivity index (χ1n) is 14.4. The summed E-state index contributed by atoms with van der Waals surface area (Å²) in [5.74, 6) is -0.525. The molecule has 0 spiro atoms. The minimum absolute atomic E-state index is 0.00355. The molecule has 9 nitrogen and oxygen atoms in total. The van der Waals surface area contributed by atoms with Crippen molar-refractivity contribution in [3.8, 4) is 11.3 Å². The zero-order valence-corrected chi connectivity index (χ0v) is 25.8. The van der Waals surface area contributed by atoms with Crippen molar-refractivity contribution >= 4 is 34.4 Å². The van der Waals surface area contributed by atoms with Crippen LogP contribution < -0.4 is 16.2 Å². The smallest absolute Gasteiger partial charge is 0.287 e. The van der Waals surface area contributed by atoms with E-state index in [1.54, 1.807) is 18.3 Å². The van der Waals surface area contributed by atoms with Crippen LogP contribution >= 0.6 is 11.3 Å². The van der Waals surface area contributed by atoms with E-state index in [2.05, 4.69) is 51.6 Å². The Labute approximate surface area is 254 Å². The number of thiophene rings is 1. The summed E-state index contributed by atoms with van der Waals surface area (Å²) in [7, 11) is 2.08. The largest absolute Gasteiger partial charge is 0.392 e. The number of amides is 1. The van der Waals surface area contributed by atoms with Gasteiger partial charge in [0.15, 0.2) is 0 Å². The van der Waals surface area contributed by atoms with Gasteiger partial charge in [0.1, 0.15) is 17.3 Å². The molecule has 2 atom stereocenters. The number of aromatic nitrogens is 3. The van der Waals surface area contributed by atoms with E-state index in [0.29, 0.717) is 34.8 Å². The van der Waals surface area contributed by atoms with E-state index < -0.39 is 23.4 Å². The van der Waals surface area contributed by atoms with Gasteiger partial charge in [-0.25, -0.2) is 14.5 Å². The van der Waals surface area contributed by atoms with E-state index in [9.17, 15) is 19.1 Å². The Balaban J connectivity index is 1.33. The van der Waals surface area contributed by atoms with Gasteiger partial charge in [-0.15, -0.1) is 11.3 Å². The molecule has 2 unspecified atom stereocenters. The fourth-order valence-electron chi connectivity index (χ4n) is 5.19. The number of pyridine rings is 1. The number of nitrogens with one attached hydrogen (secondary N) is 3. The first kappa shape index (κ1) is 30.5. The van der Waals surface area contributed by atoms with E-state index in [1.807, 2.05) is 26.0 Å². The van der Waals surface area contributed by atoms with Gasteiger partial charge in [0.25, 0.3) is 11.5 Å². The molecule has 5 rings (SSSR count). The van der Waals surface area contributed by atoms with Crippen molar-refractivity contribution in [2.75, 3.05) is 24.2 Å². The Bertz CT molecular complexity index is 1680. The summed E-state index contributed by atoms with van der Waals surface area (Å²) in [5, 5.41) is 22.8. The summed E-state index contributed by atoms with van der Waals surface area (Å²) in [4.78, 5) is 33.9. The highest BCUT2D eigenvalue weighted by atomic mass is 32.1. The topological polar surface area (TPSA) is 123 Å². The van der Waals surface area contributed by atoms with Crippen molar-refractivity contribution in [2.45, 2.75) is 59.1 Å². The van der Waals surface area contributed by atoms with Crippen LogP contribution in [0.25, 0.3) is 11.3 Å². The third kappa shape index (κ3) is 6.69. The van der Waals surface area contributed by atoms with Crippen LogP contribution in [0.3, 0.4) is 0 Å². The van der Waals surface area contributed by atoms with Crippen molar-refractivity contribution in [3.63, 3.8) is 0 Å². The van der Waals surface area contributed by atoms with E-state index >= 15 is 0 Å². The molecule has 11 heteroatoms. The van der Waals surface area contributed by atoms with Gasteiger partial charge >= 0.3 is 0 Å². The van der Waals surface area contributed by atoms with Gasteiger partial charge in [0.05, 0.1) is 22.4 Å². The van der Waals surface area contributed by atoms with E-state index in [1.165, 1.54) is 29.5 Å². The molecule has 4 N–H and O–H groups in total. The molecule has 1 aromatic carbocycles. The summed E-state index contributed by atoms with van der Waals surface area (Å²) in [6, 6.07) is 11.6. The number of aromatic amines is 1. The monoisotopic (exact) mass is 604 g/mol. The van der Waals surface area contributed by atoms with Crippen molar-refractivity contribution in [1.82, 2.24) is 20.1 Å². The zero-order valence-electron chi connectivity index (χ0n) is 25.0. The van der Waals surface area contributed by atoms with E-state index in [0.717, 1.165) is 29.0 Å². The highest BCUT2D eigenvalue weighted by Gasteiger charge is 2.35. The minimum Gasteiger partial charge on any atom is -0.392 e. The second-order valence-electron chi connectivity index (χ2n) is 11.8. The maximum absolute atomic E-state index is 14.8. The Morgan fingerprint density at radius 1 is 1.23 bits per heavy atom. The first-order chi connectivity index (χ1) is 20.4. The highest BCUT2D eigenvalue weighted by Crippen LogP contribution is 2.39. The van der Waals surface area contributed by atoms with Crippen LogP contribution in [0.1, 0.15) is 65.8 Å². The Morgan fingerprint density at radius 2 is 2.02 bits per heavy atom. The lowest BCUT2D eigenvalue weighted by molar-refractivity contribution is 0.0436. The van der Waals surface area contributed by atoms with Crippen molar-refractivity contribution in [1.29, 1.82) is 0 Å². The molecular formula is C32H37FN6O3S. The molecule has 0 saturated heterocycles. The van der Waals surface area contributed by atoms with Crippen LogP contribution in [0.15, 0.2) is 53.5 Å². The van der Waals surface area contributed by atoms with Crippen LogP contribution in [-0.2, 0) is 12.8 Å². The summed E-state index contributed by atoms with van der Waals surface area (Å²) in [6.45, 7) is 9.26. The number of carbonyl (C=O) groups excluding carboxylic acids is 1. The lowest BCUT2D eigenvalue weighted by atomic mass is 9.75. The number of anilines is 3. The quantitative estimate of drug-likeness (QED) is 0.187. The minimum atomic E-state index is -0.596. The highest BCUT2D eigenvalue weighted by molar-refractivity contribution is 7.14. The Kier molecular flexibility index (Phi) is 8.77. The van der Waals surface area contributed by atoms with Gasteiger partial charge in [-0.3, -0.25) is 14.5 Å². The fourth-order valence-corrected chi connectivity index (χ4v) is 6.52. The summed E-state index contributed by atoms with van der Waals surface area (Å²) < 4.78 is 14.8. The van der Waals surface area contributed by atoms with Crippen LogP contribution in [-0.4, -0.2) is 50.8 Å². The molecular weight excluding hydrogens is 567 g/mol. The molecule has 1 aliphatic carbocycles. The third-order valence-electron chi connectivity index (χ3n) is 8.13. The molecule has 3 heterocycles. The van der Waals surface area contributed by atoms with Crippen LogP contribution in [0, 0.1) is 11.2 Å². The maximum atomic E-state index is 14.8. The Morgan fingerprint density at radius 3 is 2.74 bits per heavy atom. The van der Waals surface area contributed by atoms with Crippen LogP contribution in [0.4, 0.5) is 21.6 Å². The lowest BCUT2D eigenvalue weighted by Crippen LogP contribution is -2.36. The van der Waals surface area contributed by atoms with E-state index in [-0.39, 0.29) is 22.8 Å². The Hall–Kier alpha value is -3.93. The third-order valence-corrected chi connectivity index (χ3v) is 9.31. The molecule has 0 saturated carbocycles. The molecule has 0 bridgehead atoms. The van der Waals surface area contributed by atoms with Gasteiger partial charge in [-0.05, 0) is 92.7 Å². The van der Waals surface area contributed by atoms with Crippen molar-refractivity contribution in [3.05, 3.63) is 85.7 Å². The van der Waals surface area contributed by atoms with Gasteiger partial charge in [0.2, 0.25) is 0 Å². The molecule has 0 radical (unpaired) electrons. The predicted molar refractivity (Wildman–Crippen MR) is 169 cm³/mol. The standard InChI is InChI=1S/C32H37FN6O3S/c1-6-11-39(5)18(2)20-8-10-29(34-17-20)35-25-15-23(37-38-30(25)41)19-7-9-22(33)24(12-19)36-31(42)26-13-21-14-28(40)32(3,4)16-27(21)43-26/h7-10,12-13,15,17-18,28,40H,6,11,14,16H2,1-5H3,(H,36,42)(H,38,41)(H,34,35,37). The number of aliphatic hydroxyl groups is 1. The fraction of sp³-hybridized carbons (Fsp3) is 0.375. The molecule has 0 aliphatic heterocycles. The maximum Gasteiger partial charge on any atom is 0.287 e. The number of aliphatic hydroxyl groups excluding tert-OH is 1. The van der Waals surface area contributed by atoms with Gasteiger partial charge in [-0.1, -0.05) is 26.8 Å². The molecule has 0 fully saturated rings. The number of rotatable bonds is 9. The zero-order chi connectivity index (χ0) is 30.9. The van der Waals surface area contributed by atoms with Gasteiger partial charge < -0.3 is 15.7 Å². The molecule has 4 aromatic rings. The van der Waals surface area contributed by atoms with Crippen molar-refractivity contribution in [2.24, 2.45) is 5.41 Å². The number of carbonyl (C=O) groups is 1. The van der Waals surface area contributed by atoms with Gasteiger partial charge in [-0.2, -0.15) is 5.10 Å². The summed E-state index contributed by atoms with van der Waals surface area (Å²) in [6.07, 6.45) is 3.52. The van der Waals surface area contributed by atoms with Gasteiger partial charge in [0, 0.05) is 22.7 Å². The number of H-pyrrole nitrogens is 1. The van der Waals surface area contributed by atoms with E-state index in [4.69, 9.17) is 0 Å². The predicted octanol–water partition coefficient (Wildman–Crippen LogP) is 5.92. The van der Waals surface area contributed by atoms with Crippen LogP contribution in [0.2, 0.25) is 0 Å². The first-order valence-corrected chi connectivity index (χ1v) is 15.2.